The summed E-state index contributed by atoms with van der Waals surface area (Å²) in [6.45, 7) is 1.96. The Kier molecular flexibility index (Phi) is 7.23. The monoisotopic (exact) mass is 234 g/mol. The Bertz CT molecular complexity index is 234. The molecule has 0 heterocycles. The van der Waals surface area contributed by atoms with Crippen molar-refractivity contribution in [1.29, 1.82) is 0 Å². The van der Waals surface area contributed by atoms with Crippen LogP contribution in [0.5, 0.6) is 0 Å². The van der Waals surface area contributed by atoms with Gasteiger partial charge in [-0.3, -0.25) is 4.79 Å². The van der Waals surface area contributed by atoms with Crippen molar-refractivity contribution in [2.45, 2.75) is 13.0 Å². The Morgan fingerprint density at radius 1 is 1.44 bits per heavy atom. The summed E-state index contributed by atoms with van der Waals surface area (Å²) in [5.41, 5.74) is 0. The molecule has 0 spiro atoms. The number of hydrogen-bond acceptors (Lipinski definition) is 4. The Balaban J connectivity index is 4.20. The minimum atomic E-state index is -1.11. The zero-order valence-electron chi connectivity index (χ0n) is 9.47. The van der Waals surface area contributed by atoms with E-state index < -0.39 is 18.0 Å². The number of hydrogen-bond donors (Lipinski definition) is 3. The summed E-state index contributed by atoms with van der Waals surface area (Å²) in [7, 11) is 1.49. The van der Waals surface area contributed by atoms with Gasteiger partial charge >= 0.3 is 12.0 Å². The standard InChI is InChI=1S/C9H18N2O5/c1-7(8(13)14)10-9(15)11(3-5-12)4-6-16-2/h7,12H,3-6H2,1-2H3,(H,10,15)(H,13,14). The smallest absolute Gasteiger partial charge is 0.325 e. The average Bonchev–Trinajstić information content (AvgIpc) is 2.23. The van der Waals surface area contributed by atoms with Crippen molar-refractivity contribution in [1.82, 2.24) is 10.2 Å². The summed E-state index contributed by atoms with van der Waals surface area (Å²) in [5.74, 6) is -1.11. The summed E-state index contributed by atoms with van der Waals surface area (Å²) < 4.78 is 4.80. The van der Waals surface area contributed by atoms with Crippen LogP contribution in [-0.4, -0.2) is 66.6 Å². The molecule has 3 N–H and O–H groups in total. The molecule has 0 fully saturated rings. The molecule has 7 nitrogen and oxygen atoms in total. The summed E-state index contributed by atoms with van der Waals surface area (Å²) in [6.07, 6.45) is 0. The highest BCUT2D eigenvalue weighted by Crippen LogP contribution is 1.92. The van der Waals surface area contributed by atoms with Crippen molar-refractivity contribution in [2.24, 2.45) is 0 Å². The molecule has 0 bridgehead atoms. The second-order valence-electron chi connectivity index (χ2n) is 3.21. The van der Waals surface area contributed by atoms with E-state index in [1.165, 1.54) is 18.9 Å². The van der Waals surface area contributed by atoms with Gasteiger partial charge in [0.05, 0.1) is 13.2 Å². The number of carboxylic acid groups (broad SMARTS) is 1. The van der Waals surface area contributed by atoms with Gasteiger partial charge in [0.1, 0.15) is 6.04 Å². The molecule has 1 unspecified atom stereocenters. The van der Waals surface area contributed by atoms with Crippen LogP contribution in [0.1, 0.15) is 6.92 Å². The van der Waals surface area contributed by atoms with Crippen molar-refractivity contribution in [3.63, 3.8) is 0 Å². The van der Waals surface area contributed by atoms with Crippen molar-refractivity contribution in [3.8, 4) is 0 Å². The molecule has 2 amide bonds. The molecule has 94 valence electrons. The van der Waals surface area contributed by atoms with Gasteiger partial charge in [-0.15, -0.1) is 0 Å². The number of aliphatic carboxylic acids is 1. The molecule has 0 aromatic rings. The lowest BCUT2D eigenvalue weighted by Crippen LogP contribution is -2.48. The molecule has 0 aromatic heterocycles. The van der Waals surface area contributed by atoms with Gasteiger partial charge in [0.2, 0.25) is 0 Å². The van der Waals surface area contributed by atoms with E-state index in [1.807, 2.05) is 0 Å². The first kappa shape index (κ1) is 14.7. The van der Waals surface area contributed by atoms with Crippen molar-refractivity contribution in [2.75, 3.05) is 33.4 Å². The van der Waals surface area contributed by atoms with Gasteiger partial charge in [0.15, 0.2) is 0 Å². The highest BCUT2D eigenvalue weighted by molar-refractivity contribution is 5.82. The maximum Gasteiger partial charge on any atom is 0.325 e. The highest BCUT2D eigenvalue weighted by Gasteiger charge is 2.18. The third kappa shape index (κ3) is 5.52. The van der Waals surface area contributed by atoms with Gasteiger partial charge in [-0.2, -0.15) is 0 Å². The van der Waals surface area contributed by atoms with Crippen LogP contribution in [0.25, 0.3) is 0 Å². The van der Waals surface area contributed by atoms with E-state index in [0.717, 1.165) is 0 Å². The molecule has 0 aliphatic carbocycles. The molecule has 0 aliphatic heterocycles. The third-order valence-electron chi connectivity index (χ3n) is 1.93. The second-order valence-corrected chi connectivity index (χ2v) is 3.21. The number of amides is 2. The minimum Gasteiger partial charge on any atom is -0.480 e. The molecular formula is C9H18N2O5. The fraction of sp³-hybridized carbons (Fsp3) is 0.778. The maximum atomic E-state index is 11.5. The zero-order valence-corrected chi connectivity index (χ0v) is 9.47. The van der Waals surface area contributed by atoms with E-state index in [0.29, 0.717) is 13.2 Å². The molecule has 7 heteroatoms. The third-order valence-corrected chi connectivity index (χ3v) is 1.93. The van der Waals surface area contributed by atoms with Crippen LogP contribution in [0.3, 0.4) is 0 Å². The van der Waals surface area contributed by atoms with Gasteiger partial charge in [-0.1, -0.05) is 0 Å². The van der Waals surface area contributed by atoms with Crippen LogP contribution in [0.15, 0.2) is 0 Å². The van der Waals surface area contributed by atoms with Crippen LogP contribution >= 0.6 is 0 Å². The largest absolute Gasteiger partial charge is 0.480 e. The van der Waals surface area contributed by atoms with Crippen LogP contribution in [0.2, 0.25) is 0 Å². The topological polar surface area (TPSA) is 99.1 Å². The lowest BCUT2D eigenvalue weighted by atomic mass is 10.3. The Morgan fingerprint density at radius 3 is 2.50 bits per heavy atom. The number of carbonyl (C=O) groups excluding carboxylic acids is 1. The SMILES string of the molecule is COCCN(CCO)C(=O)NC(C)C(=O)O. The number of carbonyl (C=O) groups is 2. The lowest BCUT2D eigenvalue weighted by Gasteiger charge is -2.23. The predicted molar refractivity (Wildman–Crippen MR) is 56.2 cm³/mol. The Morgan fingerprint density at radius 2 is 2.06 bits per heavy atom. The first-order chi connectivity index (χ1) is 7.52. The van der Waals surface area contributed by atoms with E-state index >= 15 is 0 Å². The van der Waals surface area contributed by atoms with E-state index in [1.54, 1.807) is 0 Å². The van der Waals surface area contributed by atoms with E-state index in [9.17, 15) is 9.59 Å². The van der Waals surface area contributed by atoms with Crippen molar-refractivity contribution >= 4 is 12.0 Å². The van der Waals surface area contributed by atoms with Crippen LogP contribution in [0, 0.1) is 0 Å². The zero-order chi connectivity index (χ0) is 12.6. The molecule has 0 rings (SSSR count). The number of ether oxygens (including phenoxy) is 1. The van der Waals surface area contributed by atoms with Crippen molar-refractivity contribution < 1.29 is 24.5 Å². The fourth-order valence-electron chi connectivity index (χ4n) is 0.975. The number of aliphatic hydroxyl groups is 1. The second kappa shape index (κ2) is 7.89. The number of aliphatic hydroxyl groups excluding tert-OH is 1. The van der Waals surface area contributed by atoms with E-state index in [4.69, 9.17) is 14.9 Å². The molecular weight excluding hydrogens is 216 g/mol. The summed E-state index contributed by atoms with van der Waals surface area (Å²) in [5, 5.41) is 19.7. The molecule has 0 radical (unpaired) electrons. The number of rotatable bonds is 7. The van der Waals surface area contributed by atoms with Gasteiger partial charge in [-0.25, -0.2) is 4.79 Å². The van der Waals surface area contributed by atoms with Gasteiger partial charge in [0, 0.05) is 20.2 Å². The molecule has 1 atom stereocenters. The molecule has 0 saturated heterocycles. The normalized spacial score (nSPS) is 11.9. The van der Waals surface area contributed by atoms with Crippen molar-refractivity contribution in [3.05, 3.63) is 0 Å². The molecule has 0 saturated carbocycles. The number of nitrogens with one attached hydrogen (secondary N) is 1. The molecule has 0 aliphatic rings. The predicted octanol–water partition coefficient (Wildman–Crippen LogP) is -0.890. The molecule has 0 aromatic carbocycles. The number of nitrogens with zero attached hydrogens (tertiary/aromatic N) is 1. The quantitative estimate of drug-likeness (QED) is 0.530. The van der Waals surface area contributed by atoms with Crippen LogP contribution in [-0.2, 0) is 9.53 Å². The first-order valence-electron chi connectivity index (χ1n) is 4.91. The van der Waals surface area contributed by atoms with Gasteiger partial charge in [0.25, 0.3) is 0 Å². The summed E-state index contributed by atoms with van der Waals surface area (Å²) in [6, 6.07) is -1.49. The summed E-state index contributed by atoms with van der Waals surface area (Å²) >= 11 is 0. The lowest BCUT2D eigenvalue weighted by molar-refractivity contribution is -0.138. The van der Waals surface area contributed by atoms with Crippen LogP contribution in [0.4, 0.5) is 4.79 Å². The Labute approximate surface area is 94.0 Å². The maximum absolute atomic E-state index is 11.5. The highest BCUT2D eigenvalue weighted by atomic mass is 16.5. The number of urea groups is 1. The Hall–Kier alpha value is -1.34. The number of methoxy groups -OCH3 is 1. The van der Waals surface area contributed by atoms with E-state index in [2.05, 4.69) is 5.32 Å². The average molecular weight is 234 g/mol. The van der Waals surface area contributed by atoms with Crippen LogP contribution < -0.4 is 5.32 Å². The first-order valence-corrected chi connectivity index (χ1v) is 4.91. The van der Waals surface area contributed by atoms with Gasteiger partial charge in [-0.05, 0) is 6.92 Å². The van der Waals surface area contributed by atoms with E-state index in [-0.39, 0.29) is 13.2 Å². The fourth-order valence-corrected chi connectivity index (χ4v) is 0.975. The van der Waals surface area contributed by atoms with Gasteiger partial charge < -0.3 is 25.2 Å². The molecule has 16 heavy (non-hydrogen) atoms. The number of carboxylic acids is 1. The minimum absolute atomic E-state index is 0.140. The summed E-state index contributed by atoms with van der Waals surface area (Å²) in [4.78, 5) is 23.4.